The molecule has 0 radical (unpaired) electrons. The standard InChI is InChI=1S/C17H19FN6O/c1-10-4-5-13(7-14(10)18)8-19-17(25)20-9-15-22-23-16-21-11(2)6-12(3)24(15)16/h4-7H,8-9H2,1-3H3,(H2,19,20,25). The molecule has 2 heterocycles. The molecule has 2 N–H and O–H groups in total. The first-order chi connectivity index (χ1) is 11.9. The quantitative estimate of drug-likeness (QED) is 0.761. The summed E-state index contributed by atoms with van der Waals surface area (Å²) < 4.78 is 15.3. The van der Waals surface area contributed by atoms with E-state index in [2.05, 4.69) is 25.8 Å². The summed E-state index contributed by atoms with van der Waals surface area (Å²) in [6.45, 7) is 5.96. The average molecular weight is 342 g/mol. The molecule has 8 heteroatoms. The number of nitrogens with zero attached hydrogens (tertiary/aromatic N) is 4. The van der Waals surface area contributed by atoms with Crippen LogP contribution in [0.4, 0.5) is 9.18 Å². The van der Waals surface area contributed by atoms with E-state index in [4.69, 9.17) is 0 Å². The molecule has 0 saturated carbocycles. The highest BCUT2D eigenvalue weighted by molar-refractivity contribution is 5.73. The summed E-state index contributed by atoms with van der Waals surface area (Å²) in [6, 6.07) is 6.44. The van der Waals surface area contributed by atoms with Crippen molar-refractivity contribution in [3.05, 3.63) is 58.4 Å². The molecule has 0 aliphatic carbocycles. The smallest absolute Gasteiger partial charge is 0.315 e. The van der Waals surface area contributed by atoms with Gasteiger partial charge in [-0.25, -0.2) is 14.2 Å². The maximum atomic E-state index is 13.5. The largest absolute Gasteiger partial charge is 0.334 e. The predicted molar refractivity (Wildman–Crippen MR) is 90.5 cm³/mol. The minimum atomic E-state index is -0.365. The minimum absolute atomic E-state index is 0.209. The van der Waals surface area contributed by atoms with E-state index in [0.29, 0.717) is 22.7 Å². The van der Waals surface area contributed by atoms with E-state index >= 15 is 0 Å². The maximum absolute atomic E-state index is 13.5. The number of halogens is 1. The van der Waals surface area contributed by atoms with Gasteiger partial charge in [-0.3, -0.25) is 4.40 Å². The maximum Gasteiger partial charge on any atom is 0.315 e. The van der Waals surface area contributed by atoms with Crippen LogP contribution in [0.5, 0.6) is 0 Å². The van der Waals surface area contributed by atoms with Gasteiger partial charge in [0.05, 0.1) is 6.54 Å². The molecule has 1 aromatic carbocycles. The predicted octanol–water partition coefficient (Wildman–Crippen LogP) is 2.19. The van der Waals surface area contributed by atoms with Gasteiger partial charge in [-0.1, -0.05) is 12.1 Å². The van der Waals surface area contributed by atoms with Gasteiger partial charge in [0.1, 0.15) is 5.82 Å². The van der Waals surface area contributed by atoms with E-state index in [1.165, 1.54) is 6.07 Å². The van der Waals surface area contributed by atoms with Gasteiger partial charge in [0.25, 0.3) is 5.78 Å². The second kappa shape index (κ2) is 6.84. The van der Waals surface area contributed by atoms with Gasteiger partial charge in [-0.15, -0.1) is 10.2 Å². The van der Waals surface area contributed by atoms with Crippen molar-refractivity contribution in [3.63, 3.8) is 0 Å². The number of fused-ring (bicyclic) bond motifs is 1. The fourth-order valence-electron chi connectivity index (χ4n) is 2.56. The highest BCUT2D eigenvalue weighted by Crippen LogP contribution is 2.09. The lowest BCUT2D eigenvalue weighted by atomic mass is 10.1. The van der Waals surface area contributed by atoms with Crippen LogP contribution in [0.15, 0.2) is 24.3 Å². The fraction of sp³-hybridized carbons (Fsp3) is 0.294. The van der Waals surface area contributed by atoms with E-state index in [9.17, 15) is 9.18 Å². The minimum Gasteiger partial charge on any atom is -0.334 e. The number of benzene rings is 1. The van der Waals surface area contributed by atoms with Crippen LogP contribution in [0.1, 0.15) is 28.3 Å². The molecule has 0 fully saturated rings. The lowest BCUT2D eigenvalue weighted by molar-refractivity contribution is 0.240. The topological polar surface area (TPSA) is 84.2 Å². The third-order valence-corrected chi connectivity index (χ3v) is 3.86. The van der Waals surface area contributed by atoms with Crippen LogP contribution in [0.25, 0.3) is 5.78 Å². The summed E-state index contributed by atoms with van der Waals surface area (Å²) in [5, 5.41) is 13.5. The zero-order chi connectivity index (χ0) is 18.0. The molecule has 7 nitrogen and oxygen atoms in total. The number of urea groups is 1. The number of aryl methyl sites for hydroxylation is 3. The van der Waals surface area contributed by atoms with Gasteiger partial charge in [0, 0.05) is 17.9 Å². The summed E-state index contributed by atoms with van der Waals surface area (Å²) in [7, 11) is 0. The third kappa shape index (κ3) is 3.73. The molecule has 0 bridgehead atoms. The second-order valence-corrected chi connectivity index (χ2v) is 5.91. The SMILES string of the molecule is Cc1cc(C)n2c(CNC(=O)NCc3ccc(C)c(F)c3)nnc2n1. The lowest BCUT2D eigenvalue weighted by Crippen LogP contribution is -2.35. The molecule has 130 valence electrons. The Hall–Kier alpha value is -3.03. The summed E-state index contributed by atoms with van der Waals surface area (Å²) in [6.07, 6.45) is 0. The van der Waals surface area contributed by atoms with Gasteiger partial charge in [0.15, 0.2) is 5.82 Å². The number of hydrogen-bond acceptors (Lipinski definition) is 4. The molecule has 3 rings (SSSR count). The van der Waals surface area contributed by atoms with E-state index < -0.39 is 0 Å². The Bertz CT molecular complexity index is 936. The Morgan fingerprint density at radius 1 is 1.12 bits per heavy atom. The van der Waals surface area contributed by atoms with Gasteiger partial charge >= 0.3 is 6.03 Å². The molecule has 3 aromatic rings. The molecule has 2 amide bonds. The molecule has 0 spiro atoms. The van der Waals surface area contributed by atoms with Crippen molar-refractivity contribution in [2.24, 2.45) is 0 Å². The first-order valence-corrected chi connectivity index (χ1v) is 7.89. The Morgan fingerprint density at radius 2 is 1.88 bits per heavy atom. The van der Waals surface area contributed by atoms with Crippen molar-refractivity contribution < 1.29 is 9.18 Å². The van der Waals surface area contributed by atoms with Crippen molar-refractivity contribution in [2.75, 3.05) is 0 Å². The highest BCUT2D eigenvalue weighted by Gasteiger charge is 2.11. The molecule has 0 unspecified atom stereocenters. The number of aromatic nitrogens is 4. The van der Waals surface area contributed by atoms with Crippen LogP contribution in [0.2, 0.25) is 0 Å². The van der Waals surface area contributed by atoms with Crippen molar-refractivity contribution in [2.45, 2.75) is 33.9 Å². The monoisotopic (exact) mass is 342 g/mol. The molecule has 0 aliphatic heterocycles. The first kappa shape index (κ1) is 16.8. The number of carbonyl (C=O) groups is 1. The van der Waals surface area contributed by atoms with E-state index in [0.717, 1.165) is 11.4 Å². The molecule has 0 saturated heterocycles. The number of nitrogens with one attached hydrogen (secondary N) is 2. The Morgan fingerprint density at radius 3 is 2.64 bits per heavy atom. The second-order valence-electron chi connectivity index (χ2n) is 5.91. The molecule has 0 aliphatic rings. The van der Waals surface area contributed by atoms with Crippen LogP contribution >= 0.6 is 0 Å². The molecule has 25 heavy (non-hydrogen) atoms. The molecule has 0 atom stereocenters. The zero-order valence-electron chi connectivity index (χ0n) is 14.3. The molecular weight excluding hydrogens is 323 g/mol. The van der Waals surface area contributed by atoms with Crippen molar-refractivity contribution in [1.82, 2.24) is 30.2 Å². The normalized spacial score (nSPS) is 10.9. The molecular formula is C17H19FN6O. The van der Waals surface area contributed by atoms with E-state index in [1.807, 2.05) is 19.9 Å². The van der Waals surface area contributed by atoms with Crippen molar-refractivity contribution in [3.8, 4) is 0 Å². The van der Waals surface area contributed by atoms with Crippen LogP contribution in [0, 0.1) is 26.6 Å². The number of amides is 2. The van der Waals surface area contributed by atoms with Crippen LogP contribution in [-0.2, 0) is 13.1 Å². The number of hydrogen-bond donors (Lipinski definition) is 2. The average Bonchev–Trinajstić information content (AvgIpc) is 2.97. The Labute approximate surface area is 144 Å². The van der Waals surface area contributed by atoms with E-state index in [1.54, 1.807) is 23.5 Å². The van der Waals surface area contributed by atoms with Gasteiger partial charge < -0.3 is 10.6 Å². The van der Waals surface area contributed by atoms with Crippen LogP contribution in [0.3, 0.4) is 0 Å². The van der Waals surface area contributed by atoms with Crippen molar-refractivity contribution in [1.29, 1.82) is 0 Å². The number of carbonyl (C=O) groups excluding carboxylic acids is 1. The summed E-state index contributed by atoms with van der Waals surface area (Å²) in [5.74, 6) is 0.814. The highest BCUT2D eigenvalue weighted by atomic mass is 19.1. The van der Waals surface area contributed by atoms with E-state index in [-0.39, 0.29) is 24.9 Å². The third-order valence-electron chi connectivity index (χ3n) is 3.86. The van der Waals surface area contributed by atoms with Gasteiger partial charge in [-0.2, -0.15) is 0 Å². The van der Waals surface area contributed by atoms with Gasteiger partial charge in [0.2, 0.25) is 0 Å². The zero-order valence-corrected chi connectivity index (χ0v) is 14.3. The van der Waals surface area contributed by atoms with Crippen molar-refractivity contribution >= 4 is 11.8 Å². The van der Waals surface area contributed by atoms with Crippen LogP contribution < -0.4 is 10.6 Å². The fourth-order valence-corrected chi connectivity index (χ4v) is 2.56. The lowest BCUT2D eigenvalue weighted by Gasteiger charge is -2.08. The Kier molecular flexibility index (Phi) is 4.60. The Balaban J connectivity index is 1.60. The summed E-state index contributed by atoms with van der Waals surface area (Å²) in [5.41, 5.74) is 3.08. The van der Waals surface area contributed by atoms with Gasteiger partial charge in [-0.05, 0) is 44.0 Å². The van der Waals surface area contributed by atoms with Crippen LogP contribution in [-0.4, -0.2) is 25.6 Å². The molecule has 2 aromatic heterocycles. The number of rotatable bonds is 4. The first-order valence-electron chi connectivity index (χ1n) is 7.89. The summed E-state index contributed by atoms with van der Waals surface area (Å²) in [4.78, 5) is 16.3. The summed E-state index contributed by atoms with van der Waals surface area (Å²) >= 11 is 0.